The number of esters is 1. The molecule has 0 aromatic heterocycles. The van der Waals surface area contributed by atoms with Crippen molar-refractivity contribution < 1.29 is 14.3 Å². The summed E-state index contributed by atoms with van der Waals surface area (Å²) in [5, 5.41) is 0. The van der Waals surface area contributed by atoms with Crippen LogP contribution in [-0.2, 0) is 14.3 Å². The summed E-state index contributed by atoms with van der Waals surface area (Å²) in [5.74, 6) is -0.417. The second kappa shape index (κ2) is 5.84. The predicted octanol–water partition coefficient (Wildman–Crippen LogP) is 0.135. The highest BCUT2D eigenvalue weighted by Gasteiger charge is 2.36. The molecule has 1 heterocycles. The normalized spacial score (nSPS) is 21.9. The van der Waals surface area contributed by atoms with Crippen molar-refractivity contribution in [1.82, 2.24) is 4.90 Å². The van der Waals surface area contributed by atoms with Gasteiger partial charge in [-0.3, -0.25) is 4.79 Å². The van der Waals surface area contributed by atoms with E-state index in [1.54, 1.807) is 4.90 Å². The van der Waals surface area contributed by atoms with Crippen LogP contribution in [-0.4, -0.2) is 43.0 Å². The van der Waals surface area contributed by atoms with Crippen molar-refractivity contribution in [3.63, 3.8) is 0 Å². The molecule has 0 aromatic carbocycles. The SMILES string of the molecule is COC(=O)C1CCCN1C(=O)C(C)CCN. The van der Waals surface area contributed by atoms with Crippen LogP contribution in [0.1, 0.15) is 26.2 Å². The maximum absolute atomic E-state index is 12.0. The molecule has 0 bridgehead atoms. The number of hydrogen-bond acceptors (Lipinski definition) is 4. The topological polar surface area (TPSA) is 72.6 Å². The lowest BCUT2D eigenvalue weighted by atomic mass is 10.1. The molecule has 1 aliphatic rings. The maximum Gasteiger partial charge on any atom is 0.328 e. The number of likely N-dealkylation sites (tertiary alicyclic amines) is 1. The highest BCUT2D eigenvalue weighted by Crippen LogP contribution is 2.21. The van der Waals surface area contributed by atoms with Crippen molar-refractivity contribution in [2.45, 2.75) is 32.2 Å². The van der Waals surface area contributed by atoms with Crippen LogP contribution in [0.3, 0.4) is 0 Å². The third-order valence-corrected chi connectivity index (χ3v) is 3.03. The Hall–Kier alpha value is -1.10. The Morgan fingerprint density at radius 2 is 2.25 bits per heavy atom. The summed E-state index contributed by atoms with van der Waals surface area (Å²) in [7, 11) is 1.35. The van der Waals surface area contributed by atoms with Gasteiger partial charge in [-0.15, -0.1) is 0 Å². The average molecular weight is 228 g/mol. The van der Waals surface area contributed by atoms with Crippen LogP contribution in [0.25, 0.3) is 0 Å². The molecule has 5 nitrogen and oxygen atoms in total. The smallest absolute Gasteiger partial charge is 0.328 e. The first-order valence-corrected chi connectivity index (χ1v) is 5.70. The van der Waals surface area contributed by atoms with E-state index in [0.29, 0.717) is 25.9 Å². The molecule has 1 saturated heterocycles. The van der Waals surface area contributed by atoms with Crippen molar-refractivity contribution in [1.29, 1.82) is 0 Å². The van der Waals surface area contributed by atoms with Gasteiger partial charge in [0.2, 0.25) is 5.91 Å². The van der Waals surface area contributed by atoms with E-state index in [1.807, 2.05) is 6.92 Å². The second-order valence-corrected chi connectivity index (χ2v) is 4.19. The summed E-state index contributed by atoms with van der Waals surface area (Å²) in [6, 6.07) is -0.391. The fourth-order valence-electron chi connectivity index (χ4n) is 2.07. The zero-order valence-electron chi connectivity index (χ0n) is 9.94. The Labute approximate surface area is 95.9 Å². The van der Waals surface area contributed by atoms with E-state index in [9.17, 15) is 9.59 Å². The Morgan fingerprint density at radius 1 is 1.56 bits per heavy atom. The number of hydrogen-bond donors (Lipinski definition) is 1. The van der Waals surface area contributed by atoms with Gasteiger partial charge in [0.1, 0.15) is 6.04 Å². The van der Waals surface area contributed by atoms with Crippen LogP contribution in [0.4, 0.5) is 0 Å². The van der Waals surface area contributed by atoms with Gasteiger partial charge >= 0.3 is 5.97 Å². The average Bonchev–Trinajstić information content (AvgIpc) is 2.76. The number of nitrogens with two attached hydrogens (primary N) is 1. The number of carbonyl (C=O) groups excluding carboxylic acids is 2. The molecule has 92 valence electrons. The van der Waals surface area contributed by atoms with Gasteiger partial charge in [0.15, 0.2) is 0 Å². The Bertz CT molecular complexity index is 268. The monoisotopic (exact) mass is 228 g/mol. The molecule has 0 spiro atoms. The highest BCUT2D eigenvalue weighted by molar-refractivity contribution is 5.86. The molecule has 2 atom stereocenters. The fraction of sp³-hybridized carbons (Fsp3) is 0.818. The van der Waals surface area contributed by atoms with Gasteiger partial charge in [-0.25, -0.2) is 4.79 Å². The molecule has 1 aliphatic heterocycles. The minimum atomic E-state index is -0.391. The van der Waals surface area contributed by atoms with Gasteiger partial charge in [-0.05, 0) is 25.8 Å². The summed E-state index contributed by atoms with van der Waals surface area (Å²) >= 11 is 0. The molecule has 1 rings (SSSR count). The molecule has 0 radical (unpaired) electrons. The van der Waals surface area contributed by atoms with Crippen LogP contribution < -0.4 is 5.73 Å². The zero-order chi connectivity index (χ0) is 12.1. The first-order valence-electron chi connectivity index (χ1n) is 5.70. The third kappa shape index (κ3) is 2.72. The first kappa shape index (κ1) is 13.0. The molecule has 1 fully saturated rings. The standard InChI is InChI=1S/C11H20N2O3/c1-8(5-6-12)10(14)13-7-3-4-9(13)11(15)16-2/h8-9H,3-7,12H2,1-2H3. The summed E-state index contributed by atoms with van der Waals surface area (Å²) in [5.41, 5.74) is 5.42. The van der Waals surface area contributed by atoms with Gasteiger partial charge in [0.25, 0.3) is 0 Å². The maximum atomic E-state index is 12.0. The van der Waals surface area contributed by atoms with Gasteiger partial charge in [-0.2, -0.15) is 0 Å². The Morgan fingerprint density at radius 3 is 2.81 bits per heavy atom. The summed E-state index contributed by atoms with van der Waals surface area (Å²) in [6.45, 7) is 2.99. The lowest BCUT2D eigenvalue weighted by Gasteiger charge is -2.25. The first-order chi connectivity index (χ1) is 7.61. The molecule has 16 heavy (non-hydrogen) atoms. The van der Waals surface area contributed by atoms with Crippen molar-refractivity contribution in [2.24, 2.45) is 11.7 Å². The fourth-order valence-corrected chi connectivity index (χ4v) is 2.07. The van der Waals surface area contributed by atoms with E-state index in [4.69, 9.17) is 10.5 Å². The number of carbonyl (C=O) groups is 2. The zero-order valence-corrected chi connectivity index (χ0v) is 9.94. The molecule has 0 saturated carbocycles. The van der Waals surface area contributed by atoms with Crippen LogP contribution in [0.5, 0.6) is 0 Å². The van der Waals surface area contributed by atoms with Crippen LogP contribution in [0.15, 0.2) is 0 Å². The summed E-state index contributed by atoms with van der Waals surface area (Å²) < 4.78 is 4.70. The molecular formula is C11H20N2O3. The molecular weight excluding hydrogens is 208 g/mol. The number of ether oxygens (including phenoxy) is 1. The van der Waals surface area contributed by atoms with E-state index < -0.39 is 6.04 Å². The molecule has 1 amide bonds. The quantitative estimate of drug-likeness (QED) is 0.694. The molecule has 5 heteroatoms. The molecule has 0 aliphatic carbocycles. The van der Waals surface area contributed by atoms with E-state index in [-0.39, 0.29) is 17.8 Å². The van der Waals surface area contributed by atoms with Gasteiger partial charge in [-0.1, -0.05) is 6.92 Å². The Kier molecular flexibility index (Phi) is 4.73. The highest BCUT2D eigenvalue weighted by atomic mass is 16.5. The lowest BCUT2D eigenvalue weighted by Crippen LogP contribution is -2.43. The van der Waals surface area contributed by atoms with E-state index in [2.05, 4.69) is 0 Å². The largest absolute Gasteiger partial charge is 0.467 e. The number of amides is 1. The minimum Gasteiger partial charge on any atom is -0.467 e. The molecule has 0 aromatic rings. The van der Waals surface area contributed by atoms with Gasteiger partial charge < -0.3 is 15.4 Å². The predicted molar refractivity (Wildman–Crippen MR) is 59.6 cm³/mol. The number of nitrogens with zero attached hydrogens (tertiary/aromatic N) is 1. The Balaban J connectivity index is 2.64. The van der Waals surface area contributed by atoms with E-state index >= 15 is 0 Å². The third-order valence-electron chi connectivity index (χ3n) is 3.03. The number of rotatable bonds is 4. The number of methoxy groups -OCH3 is 1. The van der Waals surface area contributed by atoms with Crippen LogP contribution in [0, 0.1) is 5.92 Å². The van der Waals surface area contributed by atoms with Crippen molar-refractivity contribution >= 4 is 11.9 Å². The van der Waals surface area contributed by atoms with Crippen molar-refractivity contribution in [3.05, 3.63) is 0 Å². The van der Waals surface area contributed by atoms with Crippen molar-refractivity contribution in [3.8, 4) is 0 Å². The minimum absolute atomic E-state index is 0.0124. The summed E-state index contributed by atoms with van der Waals surface area (Å²) in [6.07, 6.45) is 2.22. The molecule has 2 N–H and O–H groups in total. The van der Waals surface area contributed by atoms with Crippen LogP contribution >= 0.6 is 0 Å². The summed E-state index contributed by atoms with van der Waals surface area (Å²) in [4.78, 5) is 25.1. The van der Waals surface area contributed by atoms with Gasteiger partial charge in [0, 0.05) is 12.5 Å². The van der Waals surface area contributed by atoms with E-state index in [1.165, 1.54) is 7.11 Å². The lowest BCUT2D eigenvalue weighted by molar-refractivity contribution is -0.152. The second-order valence-electron chi connectivity index (χ2n) is 4.19. The van der Waals surface area contributed by atoms with E-state index in [0.717, 1.165) is 6.42 Å². The van der Waals surface area contributed by atoms with Crippen molar-refractivity contribution in [2.75, 3.05) is 20.2 Å². The van der Waals surface area contributed by atoms with Crippen LogP contribution in [0.2, 0.25) is 0 Å². The van der Waals surface area contributed by atoms with Gasteiger partial charge in [0.05, 0.1) is 7.11 Å². The molecule has 2 unspecified atom stereocenters.